The Labute approximate surface area is 138 Å². The lowest BCUT2D eigenvalue weighted by Gasteiger charge is -2.21. The zero-order chi connectivity index (χ0) is 16.1. The Balaban J connectivity index is 1.56. The van der Waals surface area contributed by atoms with Gasteiger partial charge in [-0.25, -0.2) is 4.98 Å². The number of hydrogen-bond acceptors (Lipinski definition) is 2. The lowest BCUT2D eigenvalue weighted by Crippen LogP contribution is -2.35. The van der Waals surface area contributed by atoms with Gasteiger partial charge in [-0.2, -0.15) is 0 Å². The molecule has 0 radical (unpaired) electrons. The van der Waals surface area contributed by atoms with Gasteiger partial charge in [-0.05, 0) is 38.3 Å². The molecule has 2 aromatic rings. The summed E-state index contributed by atoms with van der Waals surface area (Å²) in [6.07, 6.45) is 12.1. The molecule has 3 rings (SSSR count). The van der Waals surface area contributed by atoms with E-state index < -0.39 is 0 Å². The van der Waals surface area contributed by atoms with Gasteiger partial charge in [0.05, 0.1) is 5.69 Å². The van der Waals surface area contributed by atoms with E-state index in [9.17, 15) is 4.79 Å². The summed E-state index contributed by atoms with van der Waals surface area (Å²) in [7, 11) is 0. The second-order valence-electron chi connectivity index (χ2n) is 6.68. The molecule has 0 aromatic carbocycles. The molecule has 2 heterocycles. The number of carbonyl (C=O) groups is 1. The number of hydrogen-bond donors (Lipinski definition) is 1. The fourth-order valence-corrected chi connectivity index (χ4v) is 3.60. The molecule has 4 heteroatoms. The molecular formula is C19H27N3O. The van der Waals surface area contributed by atoms with Crippen molar-refractivity contribution >= 4 is 11.6 Å². The average molecular weight is 313 g/mol. The van der Waals surface area contributed by atoms with Crippen LogP contribution in [0.5, 0.6) is 0 Å². The van der Waals surface area contributed by atoms with Crippen molar-refractivity contribution in [2.24, 2.45) is 0 Å². The van der Waals surface area contributed by atoms with E-state index in [-0.39, 0.29) is 5.91 Å². The van der Waals surface area contributed by atoms with Crippen molar-refractivity contribution in [1.82, 2.24) is 14.7 Å². The van der Waals surface area contributed by atoms with E-state index in [0.717, 1.165) is 36.3 Å². The van der Waals surface area contributed by atoms with Crippen molar-refractivity contribution < 1.29 is 4.79 Å². The maximum absolute atomic E-state index is 12.3. The second kappa shape index (κ2) is 7.62. The maximum atomic E-state index is 12.3. The van der Waals surface area contributed by atoms with E-state index >= 15 is 0 Å². The number of imidazole rings is 1. The number of carbonyl (C=O) groups excluding carboxylic acids is 1. The van der Waals surface area contributed by atoms with Crippen LogP contribution >= 0.6 is 0 Å². The summed E-state index contributed by atoms with van der Waals surface area (Å²) in [6.45, 7) is 2.02. The van der Waals surface area contributed by atoms with Gasteiger partial charge in [-0.3, -0.25) is 4.79 Å². The molecule has 1 aliphatic rings. The minimum Gasteiger partial charge on any atom is -0.353 e. The number of fused-ring (bicyclic) bond motifs is 1. The van der Waals surface area contributed by atoms with Gasteiger partial charge < -0.3 is 9.72 Å². The van der Waals surface area contributed by atoms with Crippen LogP contribution in [0.1, 0.15) is 62.8 Å². The summed E-state index contributed by atoms with van der Waals surface area (Å²) in [4.78, 5) is 16.9. The topological polar surface area (TPSA) is 46.4 Å². The van der Waals surface area contributed by atoms with Crippen LogP contribution in [-0.2, 0) is 11.2 Å². The predicted molar refractivity (Wildman–Crippen MR) is 92.5 cm³/mol. The molecule has 0 spiro atoms. The third-order valence-electron chi connectivity index (χ3n) is 4.89. The van der Waals surface area contributed by atoms with Crippen molar-refractivity contribution in [3.05, 3.63) is 35.8 Å². The molecule has 1 fully saturated rings. The first-order valence-corrected chi connectivity index (χ1v) is 8.96. The predicted octanol–water partition coefficient (Wildman–Crippen LogP) is 3.80. The van der Waals surface area contributed by atoms with Gasteiger partial charge in [-0.15, -0.1) is 0 Å². The summed E-state index contributed by atoms with van der Waals surface area (Å²) in [5.74, 6) is 0.181. The Bertz CT molecular complexity index is 654. The summed E-state index contributed by atoms with van der Waals surface area (Å²) in [5, 5.41) is 3.25. The molecule has 0 bridgehead atoms. The molecule has 1 saturated carbocycles. The molecule has 0 unspecified atom stereocenters. The molecule has 0 aliphatic heterocycles. The summed E-state index contributed by atoms with van der Waals surface area (Å²) in [6, 6.07) is 6.38. The highest BCUT2D eigenvalue weighted by Gasteiger charge is 2.15. The number of aryl methyl sites for hydroxylation is 2. The lowest BCUT2D eigenvalue weighted by molar-refractivity contribution is -0.121. The van der Waals surface area contributed by atoms with Gasteiger partial charge in [0.1, 0.15) is 5.65 Å². The SMILES string of the molecule is Cc1nc2ccccn2c1CCC(=O)NC1CCCCCCC1. The molecule has 0 saturated heterocycles. The Morgan fingerprint density at radius 2 is 1.96 bits per heavy atom. The first kappa shape index (κ1) is 16.0. The number of nitrogens with one attached hydrogen (secondary N) is 1. The van der Waals surface area contributed by atoms with E-state index in [0.29, 0.717) is 12.5 Å². The van der Waals surface area contributed by atoms with E-state index in [1.807, 2.05) is 31.3 Å². The van der Waals surface area contributed by atoms with Gasteiger partial charge in [0, 0.05) is 24.4 Å². The van der Waals surface area contributed by atoms with Gasteiger partial charge in [0.25, 0.3) is 0 Å². The molecule has 1 aliphatic carbocycles. The van der Waals surface area contributed by atoms with Crippen LogP contribution in [0.4, 0.5) is 0 Å². The summed E-state index contributed by atoms with van der Waals surface area (Å²) < 4.78 is 2.10. The Morgan fingerprint density at radius 1 is 1.22 bits per heavy atom. The van der Waals surface area contributed by atoms with Gasteiger partial charge in [-0.1, -0.05) is 38.2 Å². The van der Waals surface area contributed by atoms with Crippen LogP contribution in [0.15, 0.2) is 24.4 Å². The summed E-state index contributed by atoms with van der Waals surface area (Å²) >= 11 is 0. The summed E-state index contributed by atoms with van der Waals surface area (Å²) in [5.41, 5.74) is 3.13. The average Bonchev–Trinajstić information content (AvgIpc) is 2.83. The van der Waals surface area contributed by atoms with Crippen LogP contribution in [0.3, 0.4) is 0 Å². The molecular weight excluding hydrogens is 286 g/mol. The van der Waals surface area contributed by atoms with Crippen molar-refractivity contribution in [1.29, 1.82) is 0 Å². The zero-order valence-corrected chi connectivity index (χ0v) is 14.1. The molecule has 1 amide bonds. The minimum atomic E-state index is 0.181. The van der Waals surface area contributed by atoms with Gasteiger partial charge in [0.15, 0.2) is 0 Å². The van der Waals surface area contributed by atoms with E-state index in [1.54, 1.807) is 0 Å². The smallest absolute Gasteiger partial charge is 0.220 e. The molecule has 2 aromatic heterocycles. The van der Waals surface area contributed by atoms with Crippen molar-refractivity contribution in [2.75, 3.05) is 0 Å². The molecule has 23 heavy (non-hydrogen) atoms. The van der Waals surface area contributed by atoms with Crippen molar-refractivity contribution in [3.63, 3.8) is 0 Å². The molecule has 0 atom stereocenters. The third-order valence-corrected chi connectivity index (χ3v) is 4.89. The third kappa shape index (κ3) is 4.12. The maximum Gasteiger partial charge on any atom is 0.220 e. The van der Waals surface area contributed by atoms with Crippen molar-refractivity contribution in [3.8, 4) is 0 Å². The number of pyridine rings is 1. The van der Waals surface area contributed by atoms with Crippen LogP contribution in [0, 0.1) is 6.92 Å². The number of amides is 1. The van der Waals surface area contributed by atoms with Crippen LogP contribution in [0.2, 0.25) is 0 Å². The first-order valence-electron chi connectivity index (χ1n) is 8.96. The highest BCUT2D eigenvalue weighted by Crippen LogP contribution is 2.18. The van der Waals surface area contributed by atoms with Crippen LogP contribution in [-0.4, -0.2) is 21.3 Å². The Hall–Kier alpha value is -1.84. The minimum absolute atomic E-state index is 0.181. The molecule has 4 nitrogen and oxygen atoms in total. The Morgan fingerprint density at radius 3 is 2.74 bits per heavy atom. The largest absolute Gasteiger partial charge is 0.353 e. The molecule has 124 valence electrons. The first-order chi connectivity index (χ1) is 11.2. The number of rotatable bonds is 4. The lowest BCUT2D eigenvalue weighted by atomic mass is 9.96. The highest BCUT2D eigenvalue weighted by atomic mass is 16.1. The van der Waals surface area contributed by atoms with E-state index in [2.05, 4.69) is 14.7 Å². The fourth-order valence-electron chi connectivity index (χ4n) is 3.60. The normalized spacial score (nSPS) is 16.9. The fraction of sp³-hybridized carbons (Fsp3) is 0.579. The zero-order valence-electron chi connectivity index (χ0n) is 14.1. The van der Waals surface area contributed by atoms with Crippen LogP contribution in [0.25, 0.3) is 5.65 Å². The highest BCUT2D eigenvalue weighted by molar-refractivity contribution is 5.76. The van der Waals surface area contributed by atoms with Crippen molar-refractivity contribution in [2.45, 2.75) is 70.8 Å². The second-order valence-corrected chi connectivity index (χ2v) is 6.68. The molecule has 1 N–H and O–H groups in total. The quantitative estimate of drug-likeness (QED) is 0.933. The van der Waals surface area contributed by atoms with Crippen LogP contribution < -0.4 is 5.32 Å². The Kier molecular flexibility index (Phi) is 5.31. The number of aromatic nitrogens is 2. The standard InChI is InChI=1S/C19H27N3O/c1-15-17(22-14-8-7-11-18(22)20-15)12-13-19(23)21-16-9-5-3-2-4-6-10-16/h7-8,11,14,16H,2-6,9-10,12-13H2,1H3,(H,21,23). The van der Waals surface area contributed by atoms with Gasteiger partial charge in [0.2, 0.25) is 5.91 Å². The number of nitrogens with zero attached hydrogens (tertiary/aromatic N) is 2. The van der Waals surface area contributed by atoms with Gasteiger partial charge >= 0.3 is 0 Å². The van der Waals surface area contributed by atoms with E-state index in [4.69, 9.17) is 0 Å². The van der Waals surface area contributed by atoms with E-state index in [1.165, 1.54) is 32.1 Å². The monoisotopic (exact) mass is 313 g/mol.